The molecule has 2 rings (SSSR count). The van der Waals surface area contributed by atoms with Gasteiger partial charge in [0, 0.05) is 12.2 Å². The number of hydrogen-bond acceptors (Lipinski definition) is 3. The van der Waals surface area contributed by atoms with Crippen molar-refractivity contribution in [2.24, 2.45) is 5.92 Å². The number of carboxylic acids is 1. The van der Waals surface area contributed by atoms with E-state index < -0.39 is 23.8 Å². The normalized spacial score (nSPS) is 23.1. The Kier molecular flexibility index (Phi) is 2.77. The first-order valence-electron chi connectivity index (χ1n) is 5.39. The van der Waals surface area contributed by atoms with Gasteiger partial charge in [0.2, 0.25) is 0 Å². The molecule has 5 nitrogen and oxygen atoms in total. The minimum atomic E-state index is -1.09. The molecule has 1 saturated carbocycles. The summed E-state index contributed by atoms with van der Waals surface area (Å²) in [6, 6.07) is -0.988. The molecule has 1 atom stereocenters. The van der Waals surface area contributed by atoms with Crippen LogP contribution < -0.4 is 0 Å². The zero-order valence-corrected chi connectivity index (χ0v) is 8.76. The smallest absolute Gasteiger partial charge is 0.327 e. The van der Waals surface area contributed by atoms with Crippen molar-refractivity contribution in [2.45, 2.75) is 31.7 Å². The van der Waals surface area contributed by atoms with Crippen LogP contribution in [0.1, 0.15) is 25.7 Å². The van der Waals surface area contributed by atoms with Crippen LogP contribution in [0.15, 0.2) is 12.2 Å². The highest BCUT2D eigenvalue weighted by molar-refractivity contribution is 6.14. The van der Waals surface area contributed by atoms with E-state index in [2.05, 4.69) is 0 Å². The molecule has 1 fully saturated rings. The topological polar surface area (TPSA) is 74.7 Å². The van der Waals surface area contributed by atoms with Crippen LogP contribution in [-0.2, 0) is 14.4 Å². The van der Waals surface area contributed by atoms with Gasteiger partial charge >= 0.3 is 5.97 Å². The molecule has 86 valence electrons. The number of amides is 2. The number of hydrogen-bond donors (Lipinski definition) is 1. The lowest BCUT2D eigenvalue weighted by Crippen LogP contribution is -2.48. The van der Waals surface area contributed by atoms with Crippen molar-refractivity contribution in [1.82, 2.24) is 4.90 Å². The molecular weight excluding hydrogens is 210 g/mol. The van der Waals surface area contributed by atoms with Crippen molar-refractivity contribution in [3.63, 3.8) is 0 Å². The third-order valence-electron chi connectivity index (χ3n) is 3.22. The number of nitrogens with zero attached hydrogens (tertiary/aromatic N) is 1. The number of carbonyl (C=O) groups is 3. The lowest BCUT2D eigenvalue weighted by Gasteiger charge is -2.27. The summed E-state index contributed by atoms with van der Waals surface area (Å²) in [5, 5.41) is 9.16. The maximum atomic E-state index is 11.4. The van der Waals surface area contributed by atoms with Gasteiger partial charge in [-0.15, -0.1) is 0 Å². The van der Waals surface area contributed by atoms with Gasteiger partial charge in [-0.1, -0.05) is 12.8 Å². The SMILES string of the molecule is O=C(O)C(C1CCCC1)N1C(=O)C=CC1=O. The minimum Gasteiger partial charge on any atom is -0.480 e. The van der Waals surface area contributed by atoms with Crippen molar-refractivity contribution >= 4 is 17.8 Å². The summed E-state index contributed by atoms with van der Waals surface area (Å²) in [7, 11) is 0. The molecule has 1 aliphatic heterocycles. The number of rotatable bonds is 3. The van der Waals surface area contributed by atoms with Crippen molar-refractivity contribution in [3.05, 3.63) is 12.2 Å². The summed E-state index contributed by atoms with van der Waals surface area (Å²) in [6.45, 7) is 0. The quantitative estimate of drug-likeness (QED) is 0.709. The number of carboxylic acid groups (broad SMARTS) is 1. The molecule has 0 saturated heterocycles. The summed E-state index contributed by atoms with van der Waals surface area (Å²) in [5.41, 5.74) is 0. The molecule has 1 unspecified atom stereocenters. The van der Waals surface area contributed by atoms with Crippen LogP contribution in [0, 0.1) is 5.92 Å². The third kappa shape index (κ3) is 1.73. The molecule has 16 heavy (non-hydrogen) atoms. The Hall–Kier alpha value is -1.65. The molecule has 0 aromatic heterocycles. The summed E-state index contributed by atoms with van der Waals surface area (Å²) in [6.07, 6.45) is 5.75. The summed E-state index contributed by atoms with van der Waals surface area (Å²) in [5.74, 6) is -2.20. The van der Waals surface area contributed by atoms with Crippen LogP contribution in [0.3, 0.4) is 0 Å². The zero-order valence-electron chi connectivity index (χ0n) is 8.76. The lowest BCUT2D eigenvalue weighted by molar-refractivity contribution is -0.155. The van der Waals surface area contributed by atoms with E-state index in [0.717, 1.165) is 42.7 Å². The number of aliphatic carboxylic acids is 1. The molecule has 0 spiro atoms. The van der Waals surface area contributed by atoms with Crippen molar-refractivity contribution in [1.29, 1.82) is 0 Å². The first-order chi connectivity index (χ1) is 7.61. The lowest BCUT2D eigenvalue weighted by atomic mass is 9.97. The van der Waals surface area contributed by atoms with E-state index >= 15 is 0 Å². The van der Waals surface area contributed by atoms with Crippen LogP contribution in [0.5, 0.6) is 0 Å². The van der Waals surface area contributed by atoms with Crippen molar-refractivity contribution in [2.75, 3.05) is 0 Å². The summed E-state index contributed by atoms with van der Waals surface area (Å²) >= 11 is 0. The Morgan fingerprint density at radius 2 is 1.75 bits per heavy atom. The monoisotopic (exact) mass is 223 g/mol. The van der Waals surface area contributed by atoms with Gasteiger partial charge in [-0.3, -0.25) is 14.5 Å². The van der Waals surface area contributed by atoms with Gasteiger partial charge in [0.1, 0.15) is 6.04 Å². The van der Waals surface area contributed by atoms with Gasteiger partial charge in [0.05, 0.1) is 0 Å². The van der Waals surface area contributed by atoms with E-state index in [0.29, 0.717) is 0 Å². The first kappa shape index (κ1) is 10.9. The van der Waals surface area contributed by atoms with E-state index in [1.54, 1.807) is 0 Å². The highest BCUT2D eigenvalue weighted by atomic mass is 16.4. The van der Waals surface area contributed by atoms with Crippen LogP contribution in [0.2, 0.25) is 0 Å². The predicted octanol–water partition coefficient (Wildman–Crippen LogP) is 0.555. The summed E-state index contributed by atoms with van der Waals surface area (Å²) in [4.78, 5) is 34.9. The fourth-order valence-corrected chi connectivity index (χ4v) is 2.48. The largest absolute Gasteiger partial charge is 0.480 e. The maximum absolute atomic E-state index is 11.4. The van der Waals surface area contributed by atoms with Crippen LogP contribution in [-0.4, -0.2) is 33.8 Å². The molecule has 5 heteroatoms. The molecule has 0 radical (unpaired) electrons. The van der Waals surface area contributed by atoms with Gasteiger partial charge in [0.15, 0.2) is 0 Å². The fourth-order valence-electron chi connectivity index (χ4n) is 2.48. The Morgan fingerprint density at radius 1 is 1.25 bits per heavy atom. The van der Waals surface area contributed by atoms with Gasteiger partial charge < -0.3 is 5.11 Å². The first-order valence-corrected chi connectivity index (χ1v) is 5.39. The second-order valence-electron chi connectivity index (χ2n) is 4.21. The number of imide groups is 1. The maximum Gasteiger partial charge on any atom is 0.327 e. The average molecular weight is 223 g/mol. The number of carbonyl (C=O) groups excluding carboxylic acids is 2. The zero-order chi connectivity index (χ0) is 11.7. The summed E-state index contributed by atoms with van der Waals surface area (Å²) < 4.78 is 0. The molecular formula is C11H13NO4. The standard InChI is InChI=1S/C11H13NO4/c13-8-5-6-9(14)12(8)10(11(15)16)7-3-1-2-4-7/h5-7,10H,1-4H2,(H,15,16). The van der Waals surface area contributed by atoms with E-state index in [-0.39, 0.29) is 5.92 Å². The molecule has 1 N–H and O–H groups in total. The van der Waals surface area contributed by atoms with Crippen LogP contribution in [0.4, 0.5) is 0 Å². The highest BCUT2D eigenvalue weighted by Gasteiger charge is 2.41. The van der Waals surface area contributed by atoms with E-state index in [1.165, 1.54) is 0 Å². The van der Waals surface area contributed by atoms with Crippen molar-refractivity contribution in [3.8, 4) is 0 Å². The molecule has 0 bridgehead atoms. The Morgan fingerprint density at radius 3 is 2.19 bits per heavy atom. The highest BCUT2D eigenvalue weighted by Crippen LogP contribution is 2.31. The fraction of sp³-hybridized carbons (Fsp3) is 0.545. The Labute approximate surface area is 92.7 Å². The van der Waals surface area contributed by atoms with Crippen LogP contribution >= 0.6 is 0 Å². The second-order valence-corrected chi connectivity index (χ2v) is 4.21. The van der Waals surface area contributed by atoms with Crippen LogP contribution in [0.25, 0.3) is 0 Å². The molecule has 0 aromatic rings. The third-order valence-corrected chi connectivity index (χ3v) is 3.22. The van der Waals surface area contributed by atoms with Gasteiger partial charge in [-0.2, -0.15) is 0 Å². The predicted molar refractivity (Wildman–Crippen MR) is 54.4 cm³/mol. The minimum absolute atomic E-state index is 0.0923. The second kappa shape index (κ2) is 4.08. The van der Waals surface area contributed by atoms with Crippen molar-refractivity contribution < 1.29 is 19.5 Å². The molecule has 1 heterocycles. The molecule has 1 aliphatic carbocycles. The molecule has 2 amide bonds. The Bertz CT molecular complexity index is 350. The van der Waals surface area contributed by atoms with Gasteiger partial charge in [-0.05, 0) is 18.8 Å². The van der Waals surface area contributed by atoms with E-state index in [4.69, 9.17) is 5.11 Å². The molecule has 2 aliphatic rings. The van der Waals surface area contributed by atoms with E-state index in [9.17, 15) is 14.4 Å². The van der Waals surface area contributed by atoms with Gasteiger partial charge in [0.25, 0.3) is 11.8 Å². The van der Waals surface area contributed by atoms with E-state index in [1.807, 2.05) is 0 Å². The average Bonchev–Trinajstić information content (AvgIpc) is 2.82. The van der Waals surface area contributed by atoms with Gasteiger partial charge in [-0.25, -0.2) is 4.79 Å². The Balaban J connectivity index is 2.22. The molecule has 0 aromatic carbocycles.